The maximum atomic E-state index is 11.1. The fraction of sp³-hybridized carbons (Fsp3) is 0.556. The molecule has 4 nitrogen and oxygen atoms in total. The molecule has 0 heterocycles. The van der Waals surface area contributed by atoms with Crippen molar-refractivity contribution in [1.82, 2.24) is 0 Å². The number of rotatable bonds is 2. The summed E-state index contributed by atoms with van der Waals surface area (Å²) in [6.45, 7) is 0. The van der Waals surface area contributed by atoms with Gasteiger partial charge in [-0.05, 0) is 12.8 Å². The summed E-state index contributed by atoms with van der Waals surface area (Å²) in [6, 6.07) is 0. The number of aliphatic carboxylic acids is 1. The molecule has 2 atom stereocenters. The Morgan fingerprint density at radius 3 is 2.64 bits per heavy atom. The zero-order valence-electron chi connectivity index (χ0n) is 8.36. The van der Waals surface area contributed by atoms with Gasteiger partial charge in [0.25, 0.3) is 0 Å². The standard InChI is InChI=1S/C9H12O4.Na/c1-13-9(12)7-5-3-2-4-6(7)8(10)11;/h3,5-7H,2,4H2,1H3,(H,10,11);/q;+1/p-1. The smallest absolute Gasteiger partial charge is 0.550 e. The molecule has 0 aliphatic heterocycles. The predicted molar refractivity (Wildman–Crippen MR) is 42.4 cm³/mol. The molecule has 2 unspecified atom stereocenters. The fourth-order valence-electron chi connectivity index (χ4n) is 1.48. The molecule has 0 fully saturated rings. The molecule has 14 heavy (non-hydrogen) atoms. The molecule has 0 bridgehead atoms. The van der Waals surface area contributed by atoms with Crippen LogP contribution in [0.25, 0.3) is 0 Å². The summed E-state index contributed by atoms with van der Waals surface area (Å²) in [6.07, 6.45) is 4.49. The van der Waals surface area contributed by atoms with Crippen molar-refractivity contribution in [3.05, 3.63) is 12.2 Å². The first-order valence-corrected chi connectivity index (χ1v) is 4.12. The molecule has 0 radical (unpaired) electrons. The van der Waals surface area contributed by atoms with Gasteiger partial charge in [0.2, 0.25) is 0 Å². The Hall–Kier alpha value is -0.320. The normalized spacial score (nSPS) is 24.9. The molecule has 72 valence electrons. The second-order valence-corrected chi connectivity index (χ2v) is 2.98. The molecule has 0 amide bonds. The molecule has 0 spiro atoms. The maximum absolute atomic E-state index is 11.1. The Kier molecular flexibility index (Phi) is 6.08. The SMILES string of the molecule is COC(=O)C1C=CCCC1C(=O)[O-].[Na+]. The van der Waals surface area contributed by atoms with Crippen molar-refractivity contribution in [3.8, 4) is 0 Å². The van der Waals surface area contributed by atoms with E-state index in [1.54, 1.807) is 12.2 Å². The van der Waals surface area contributed by atoms with Crippen LogP contribution in [0.2, 0.25) is 0 Å². The minimum Gasteiger partial charge on any atom is -0.550 e. The van der Waals surface area contributed by atoms with Crippen LogP contribution in [0.5, 0.6) is 0 Å². The van der Waals surface area contributed by atoms with Crippen molar-refractivity contribution in [2.75, 3.05) is 7.11 Å². The molecule has 0 aromatic carbocycles. The summed E-state index contributed by atoms with van der Waals surface area (Å²) in [5.41, 5.74) is 0. The van der Waals surface area contributed by atoms with Gasteiger partial charge in [-0.1, -0.05) is 12.2 Å². The Morgan fingerprint density at radius 1 is 1.50 bits per heavy atom. The number of hydrogen-bond acceptors (Lipinski definition) is 4. The number of carbonyl (C=O) groups is 2. The van der Waals surface area contributed by atoms with E-state index in [1.807, 2.05) is 0 Å². The van der Waals surface area contributed by atoms with Gasteiger partial charge in [-0.25, -0.2) is 0 Å². The van der Waals surface area contributed by atoms with E-state index in [9.17, 15) is 14.7 Å². The van der Waals surface area contributed by atoms with E-state index >= 15 is 0 Å². The summed E-state index contributed by atoms with van der Waals surface area (Å²) in [4.78, 5) is 21.7. The number of carboxylic acid groups (broad SMARTS) is 1. The molecule has 5 heteroatoms. The van der Waals surface area contributed by atoms with Crippen molar-refractivity contribution in [2.45, 2.75) is 12.8 Å². The number of esters is 1. The second kappa shape index (κ2) is 6.22. The molecular weight excluding hydrogens is 195 g/mol. The third kappa shape index (κ3) is 3.12. The quantitative estimate of drug-likeness (QED) is 0.267. The zero-order chi connectivity index (χ0) is 9.84. The average Bonchev–Trinajstić information content (AvgIpc) is 2.16. The van der Waals surface area contributed by atoms with Gasteiger partial charge in [-0.15, -0.1) is 0 Å². The summed E-state index contributed by atoms with van der Waals surface area (Å²) >= 11 is 0. The van der Waals surface area contributed by atoms with Gasteiger partial charge in [-0.3, -0.25) is 4.79 Å². The summed E-state index contributed by atoms with van der Waals surface area (Å²) < 4.78 is 4.49. The van der Waals surface area contributed by atoms with E-state index in [1.165, 1.54) is 7.11 Å². The predicted octanol–water partition coefficient (Wildman–Crippen LogP) is -3.50. The van der Waals surface area contributed by atoms with Crippen LogP contribution < -0.4 is 34.7 Å². The Morgan fingerprint density at radius 2 is 2.14 bits per heavy atom. The topological polar surface area (TPSA) is 66.4 Å². The third-order valence-corrected chi connectivity index (χ3v) is 2.20. The van der Waals surface area contributed by atoms with E-state index < -0.39 is 23.8 Å². The van der Waals surface area contributed by atoms with Crippen LogP contribution in [0.3, 0.4) is 0 Å². The van der Waals surface area contributed by atoms with Gasteiger partial charge in [0.15, 0.2) is 0 Å². The molecule has 0 saturated carbocycles. The molecule has 0 aromatic heterocycles. The second-order valence-electron chi connectivity index (χ2n) is 2.98. The first-order valence-electron chi connectivity index (χ1n) is 4.12. The van der Waals surface area contributed by atoms with Crippen LogP contribution in [0.1, 0.15) is 12.8 Å². The van der Waals surface area contributed by atoms with Crippen LogP contribution in [0, 0.1) is 11.8 Å². The number of allylic oxidation sites excluding steroid dienone is 1. The van der Waals surface area contributed by atoms with Crippen molar-refractivity contribution >= 4 is 11.9 Å². The van der Waals surface area contributed by atoms with Gasteiger partial charge in [-0.2, -0.15) is 0 Å². The molecule has 1 aliphatic carbocycles. The number of ether oxygens (including phenoxy) is 1. The van der Waals surface area contributed by atoms with Gasteiger partial charge < -0.3 is 14.6 Å². The maximum Gasteiger partial charge on any atom is 1.00 e. The Balaban J connectivity index is 0.00000169. The van der Waals surface area contributed by atoms with Crippen LogP contribution in [0.4, 0.5) is 0 Å². The van der Waals surface area contributed by atoms with Gasteiger partial charge in [0, 0.05) is 11.9 Å². The summed E-state index contributed by atoms with van der Waals surface area (Å²) in [5.74, 6) is -3.11. The summed E-state index contributed by atoms with van der Waals surface area (Å²) in [5, 5.41) is 10.6. The van der Waals surface area contributed by atoms with Crippen molar-refractivity contribution in [1.29, 1.82) is 0 Å². The van der Waals surface area contributed by atoms with E-state index in [2.05, 4.69) is 4.74 Å². The Labute approximate surface area is 105 Å². The molecular formula is C9H11NaO4. The number of methoxy groups -OCH3 is 1. The van der Waals surface area contributed by atoms with Crippen LogP contribution in [-0.4, -0.2) is 19.0 Å². The number of carbonyl (C=O) groups excluding carboxylic acids is 2. The minimum atomic E-state index is -1.18. The zero-order valence-corrected chi connectivity index (χ0v) is 10.4. The largest absolute Gasteiger partial charge is 1.00 e. The van der Waals surface area contributed by atoms with Crippen LogP contribution >= 0.6 is 0 Å². The van der Waals surface area contributed by atoms with Gasteiger partial charge in [0.1, 0.15) is 0 Å². The molecule has 0 saturated heterocycles. The van der Waals surface area contributed by atoms with Gasteiger partial charge >= 0.3 is 35.5 Å². The third-order valence-electron chi connectivity index (χ3n) is 2.20. The Bertz CT molecular complexity index is 249. The average molecular weight is 206 g/mol. The molecule has 1 aliphatic rings. The number of hydrogen-bond donors (Lipinski definition) is 0. The fourth-order valence-corrected chi connectivity index (χ4v) is 1.48. The minimum absolute atomic E-state index is 0. The molecule has 0 aromatic rings. The van der Waals surface area contributed by atoms with Crippen molar-refractivity contribution < 1.29 is 49.0 Å². The van der Waals surface area contributed by atoms with E-state index in [-0.39, 0.29) is 29.6 Å². The van der Waals surface area contributed by atoms with Crippen molar-refractivity contribution in [2.24, 2.45) is 11.8 Å². The van der Waals surface area contributed by atoms with E-state index in [0.717, 1.165) is 0 Å². The first kappa shape index (κ1) is 13.7. The monoisotopic (exact) mass is 206 g/mol. The van der Waals surface area contributed by atoms with E-state index in [0.29, 0.717) is 12.8 Å². The first-order chi connectivity index (χ1) is 6.16. The van der Waals surface area contributed by atoms with Gasteiger partial charge in [0.05, 0.1) is 13.0 Å². The number of carboxylic acids is 1. The molecule has 0 N–H and O–H groups in total. The van der Waals surface area contributed by atoms with E-state index in [4.69, 9.17) is 0 Å². The van der Waals surface area contributed by atoms with Crippen LogP contribution in [0.15, 0.2) is 12.2 Å². The van der Waals surface area contributed by atoms with Crippen LogP contribution in [-0.2, 0) is 14.3 Å². The summed E-state index contributed by atoms with van der Waals surface area (Å²) in [7, 11) is 1.25. The van der Waals surface area contributed by atoms with Crippen molar-refractivity contribution in [3.63, 3.8) is 0 Å². The molecule has 1 rings (SSSR count).